The average molecular weight is 442 g/mol. The van der Waals surface area contributed by atoms with Crippen LogP contribution in [0.1, 0.15) is 53.5 Å². The maximum atomic E-state index is 12.4. The molecule has 0 atom stereocenters. The lowest BCUT2D eigenvalue weighted by atomic mass is 10.1. The summed E-state index contributed by atoms with van der Waals surface area (Å²) in [6.45, 7) is 3.16. The van der Waals surface area contributed by atoms with Gasteiger partial charge in [-0.05, 0) is 44.0 Å². The third-order valence-corrected chi connectivity index (χ3v) is 6.66. The summed E-state index contributed by atoms with van der Waals surface area (Å²) in [6, 6.07) is 6.97. The molecule has 2 aromatic rings. The Hall–Kier alpha value is -2.78. The van der Waals surface area contributed by atoms with Crippen LogP contribution in [-0.4, -0.2) is 46.7 Å². The molecule has 9 heteroatoms. The highest BCUT2D eigenvalue weighted by Crippen LogP contribution is 2.28. The number of carbonyl (C=O) groups is 3. The first kappa shape index (κ1) is 21.5. The summed E-state index contributed by atoms with van der Waals surface area (Å²) in [5, 5.41) is 9.36. The van der Waals surface area contributed by atoms with Gasteiger partial charge in [-0.2, -0.15) is 0 Å². The molecule has 31 heavy (non-hydrogen) atoms. The summed E-state index contributed by atoms with van der Waals surface area (Å²) in [5.41, 5.74) is 2.29. The first-order valence-corrected chi connectivity index (χ1v) is 11.5. The van der Waals surface area contributed by atoms with E-state index in [9.17, 15) is 14.4 Å². The largest absolute Gasteiger partial charge is 0.335 e. The molecule has 1 saturated carbocycles. The molecule has 3 N–H and O–H groups in total. The molecule has 0 spiro atoms. The van der Waals surface area contributed by atoms with Crippen molar-refractivity contribution in [2.24, 2.45) is 0 Å². The van der Waals surface area contributed by atoms with Gasteiger partial charge in [0.15, 0.2) is 10.9 Å². The number of Topliss-reactive ketones (excluding diaryl/α,β-unsaturated/α-hetero) is 1. The van der Waals surface area contributed by atoms with Crippen LogP contribution < -0.4 is 16.0 Å². The molecule has 3 amide bonds. The van der Waals surface area contributed by atoms with Crippen molar-refractivity contribution in [1.82, 2.24) is 15.2 Å². The molecule has 8 nitrogen and oxygen atoms in total. The molecule has 0 unspecified atom stereocenters. The summed E-state index contributed by atoms with van der Waals surface area (Å²) in [5.74, 6) is -0.103. The Morgan fingerprint density at radius 3 is 2.58 bits per heavy atom. The highest BCUT2D eigenvalue weighted by atomic mass is 32.1. The number of rotatable bonds is 6. The molecule has 0 radical (unpaired) electrons. The van der Waals surface area contributed by atoms with Gasteiger partial charge in [-0.1, -0.05) is 12.8 Å². The summed E-state index contributed by atoms with van der Waals surface area (Å²) in [4.78, 5) is 43.7. The molecule has 2 heterocycles. The van der Waals surface area contributed by atoms with Crippen LogP contribution in [0, 0.1) is 0 Å². The van der Waals surface area contributed by atoms with E-state index in [0.29, 0.717) is 22.9 Å². The Kier molecular flexibility index (Phi) is 6.62. The maximum Gasteiger partial charge on any atom is 0.321 e. The number of hydrogen-bond donors (Lipinski definition) is 3. The van der Waals surface area contributed by atoms with Gasteiger partial charge in [-0.15, -0.1) is 11.3 Å². The Labute approximate surface area is 185 Å². The Morgan fingerprint density at radius 1 is 1.13 bits per heavy atom. The molecule has 1 aliphatic heterocycles. The Morgan fingerprint density at radius 2 is 1.87 bits per heavy atom. The summed E-state index contributed by atoms with van der Waals surface area (Å²) in [7, 11) is 0. The monoisotopic (exact) mass is 441 g/mol. The van der Waals surface area contributed by atoms with Gasteiger partial charge >= 0.3 is 6.03 Å². The van der Waals surface area contributed by atoms with Crippen LogP contribution in [0.25, 0.3) is 0 Å². The van der Waals surface area contributed by atoms with Crippen molar-refractivity contribution in [2.75, 3.05) is 23.7 Å². The lowest BCUT2D eigenvalue weighted by molar-refractivity contribution is -0.117. The fourth-order valence-electron chi connectivity index (χ4n) is 4.02. The van der Waals surface area contributed by atoms with Gasteiger partial charge in [-0.25, -0.2) is 9.78 Å². The molecule has 0 bridgehead atoms. The number of anilines is 2. The highest BCUT2D eigenvalue weighted by molar-refractivity contribution is 7.15. The van der Waals surface area contributed by atoms with Crippen molar-refractivity contribution in [3.8, 4) is 0 Å². The molecular formula is C22H27N5O3S. The fraction of sp³-hybridized carbons (Fsp3) is 0.455. The smallest absolute Gasteiger partial charge is 0.321 e. The van der Waals surface area contributed by atoms with Crippen molar-refractivity contribution in [1.29, 1.82) is 0 Å². The van der Waals surface area contributed by atoms with Gasteiger partial charge < -0.3 is 10.6 Å². The van der Waals surface area contributed by atoms with E-state index in [0.717, 1.165) is 36.4 Å². The zero-order chi connectivity index (χ0) is 21.8. The van der Waals surface area contributed by atoms with Crippen LogP contribution >= 0.6 is 11.3 Å². The number of thiazole rings is 1. The van der Waals surface area contributed by atoms with Gasteiger partial charge in [0.2, 0.25) is 5.91 Å². The zero-order valence-corrected chi connectivity index (χ0v) is 18.4. The van der Waals surface area contributed by atoms with Gasteiger partial charge in [0, 0.05) is 41.7 Å². The normalized spacial score (nSPS) is 16.5. The summed E-state index contributed by atoms with van der Waals surface area (Å²) in [6.07, 6.45) is 5.17. The van der Waals surface area contributed by atoms with Crippen LogP contribution in [-0.2, 0) is 17.8 Å². The van der Waals surface area contributed by atoms with Crippen molar-refractivity contribution in [3.63, 3.8) is 0 Å². The van der Waals surface area contributed by atoms with Crippen LogP contribution in [0.2, 0.25) is 0 Å². The maximum absolute atomic E-state index is 12.4. The standard InChI is InChI=1S/C22H27N5O3S/c1-14(28)15-6-8-17(9-7-15)23-20(29)13-27-11-10-18-19(12-27)31-22(25-18)26-21(30)24-16-4-2-3-5-16/h6-9,16H,2-5,10-13H2,1H3,(H,23,29)(H2,24,25,26,30). The van der Waals surface area contributed by atoms with Crippen LogP contribution in [0.15, 0.2) is 24.3 Å². The van der Waals surface area contributed by atoms with Crippen molar-refractivity contribution in [3.05, 3.63) is 40.4 Å². The van der Waals surface area contributed by atoms with E-state index in [1.54, 1.807) is 24.3 Å². The zero-order valence-electron chi connectivity index (χ0n) is 17.6. The lowest BCUT2D eigenvalue weighted by Gasteiger charge is -2.25. The predicted octanol–water partition coefficient (Wildman–Crippen LogP) is 3.41. The second-order valence-electron chi connectivity index (χ2n) is 8.11. The predicted molar refractivity (Wildman–Crippen MR) is 121 cm³/mol. The minimum absolute atomic E-state index is 0.00330. The minimum atomic E-state index is -0.190. The Bertz CT molecular complexity index is 966. The number of nitrogens with zero attached hydrogens (tertiary/aromatic N) is 2. The molecule has 1 aromatic heterocycles. The topological polar surface area (TPSA) is 103 Å². The number of fused-ring (bicyclic) bond motifs is 1. The van der Waals surface area contributed by atoms with Gasteiger partial charge in [-0.3, -0.25) is 19.8 Å². The van der Waals surface area contributed by atoms with Crippen LogP contribution in [0.4, 0.5) is 15.6 Å². The Balaban J connectivity index is 1.27. The number of aromatic nitrogens is 1. The number of ketones is 1. The van der Waals surface area contributed by atoms with E-state index in [-0.39, 0.29) is 30.3 Å². The number of hydrogen-bond acceptors (Lipinski definition) is 6. The van der Waals surface area contributed by atoms with Crippen molar-refractivity contribution < 1.29 is 14.4 Å². The van der Waals surface area contributed by atoms with E-state index in [1.807, 2.05) is 0 Å². The molecule has 4 rings (SSSR count). The second kappa shape index (κ2) is 9.57. The second-order valence-corrected chi connectivity index (χ2v) is 9.19. The SMILES string of the molecule is CC(=O)c1ccc(NC(=O)CN2CCc3nc(NC(=O)NC4CCCC4)sc3C2)cc1. The number of nitrogens with one attached hydrogen (secondary N) is 3. The number of amides is 3. The minimum Gasteiger partial charge on any atom is -0.335 e. The fourth-order valence-corrected chi connectivity index (χ4v) is 5.06. The quantitative estimate of drug-likeness (QED) is 0.596. The molecule has 2 aliphatic rings. The number of benzene rings is 1. The third-order valence-electron chi connectivity index (χ3n) is 5.66. The van der Waals surface area contributed by atoms with Gasteiger partial charge in [0.05, 0.1) is 12.2 Å². The van der Waals surface area contributed by atoms with E-state index >= 15 is 0 Å². The number of carbonyl (C=O) groups excluding carboxylic acids is 3. The first-order chi connectivity index (χ1) is 15.0. The molecule has 1 aliphatic carbocycles. The van der Waals surface area contributed by atoms with E-state index in [1.165, 1.54) is 31.1 Å². The van der Waals surface area contributed by atoms with Crippen molar-refractivity contribution in [2.45, 2.75) is 51.6 Å². The molecule has 1 aromatic carbocycles. The van der Waals surface area contributed by atoms with Crippen molar-refractivity contribution >= 4 is 39.9 Å². The summed E-state index contributed by atoms with van der Waals surface area (Å²) >= 11 is 1.47. The van der Waals surface area contributed by atoms with E-state index in [2.05, 4.69) is 25.8 Å². The summed E-state index contributed by atoms with van der Waals surface area (Å²) < 4.78 is 0. The van der Waals surface area contributed by atoms with Crippen LogP contribution in [0.5, 0.6) is 0 Å². The van der Waals surface area contributed by atoms with Gasteiger partial charge in [0.25, 0.3) is 0 Å². The van der Waals surface area contributed by atoms with E-state index < -0.39 is 0 Å². The van der Waals surface area contributed by atoms with E-state index in [4.69, 9.17) is 0 Å². The molecule has 1 fully saturated rings. The molecule has 0 saturated heterocycles. The number of urea groups is 1. The molecule has 164 valence electrons. The average Bonchev–Trinajstić information content (AvgIpc) is 3.37. The third kappa shape index (κ3) is 5.68. The van der Waals surface area contributed by atoms with Gasteiger partial charge in [0.1, 0.15) is 0 Å². The molecular weight excluding hydrogens is 414 g/mol. The lowest BCUT2D eigenvalue weighted by Crippen LogP contribution is -2.36. The first-order valence-electron chi connectivity index (χ1n) is 10.7. The highest BCUT2D eigenvalue weighted by Gasteiger charge is 2.23. The van der Waals surface area contributed by atoms with Crippen LogP contribution in [0.3, 0.4) is 0 Å².